The molecule has 0 bridgehead atoms. The van der Waals surface area contributed by atoms with Gasteiger partial charge in [0, 0.05) is 5.69 Å². The highest BCUT2D eigenvalue weighted by molar-refractivity contribution is 5.48. The Balaban J connectivity index is 2.43. The molecule has 14 heavy (non-hydrogen) atoms. The molecule has 0 aliphatic carbocycles. The van der Waals surface area contributed by atoms with Gasteiger partial charge in [0.25, 0.3) is 0 Å². The third kappa shape index (κ3) is 3.36. The predicted molar refractivity (Wildman–Crippen MR) is 56.1 cm³/mol. The van der Waals surface area contributed by atoms with Crippen LogP contribution in [0, 0.1) is 11.5 Å². The maximum Gasteiger partial charge on any atom is 0.181 e. The lowest BCUT2D eigenvalue weighted by Crippen LogP contribution is -1.96. The second-order valence-electron chi connectivity index (χ2n) is 2.96. The summed E-state index contributed by atoms with van der Waals surface area (Å²) >= 11 is 0. The van der Waals surface area contributed by atoms with E-state index in [-0.39, 0.29) is 0 Å². The van der Waals surface area contributed by atoms with E-state index >= 15 is 0 Å². The van der Waals surface area contributed by atoms with Crippen molar-refractivity contribution in [2.75, 3.05) is 11.9 Å². The number of benzene rings is 1. The SMILES string of the molecule is CCCCOc1ccc(NC#N)cc1. The van der Waals surface area contributed by atoms with Crippen molar-refractivity contribution in [3.05, 3.63) is 24.3 Å². The average Bonchev–Trinajstić information content (AvgIpc) is 2.21. The molecular weight excluding hydrogens is 176 g/mol. The number of unbranched alkanes of at least 4 members (excludes halogenated alkanes) is 1. The largest absolute Gasteiger partial charge is 0.494 e. The predicted octanol–water partition coefficient (Wildman–Crippen LogP) is 2.76. The van der Waals surface area contributed by atoms with Gasteiger partial charge in [0.05, 0.1) is 6.61 Å². The molecular formula is C11H14N2O. The minimum atomic E-state index is 0.752. The second-order valence-corrected chi connectivity index (χ2v) is 2.96. The Morgan fingerprint density at radius 1 is 1.36 bits per heavy atom. The number of hydrogen-bond donors (Lipinski definition) is 1. The van der Waals surface area contributed by atoms with Gasteiger partial charge in [0.15, 0.2) is 6.19 Å². The van der Waals surface area contributed by atoms with Crippen LogP contribution >= 0.6 is 0 Å². The van der Waals surface area contributed by atoms with Crippen LogP contribution in [-0.2, 0) is 0 Å². The maximum atomic E-state index is 8.37. The average molecular weight is 190 g/mol. The fraction of sp³-hybridized carbons (Fsp3) is 0.364. The minimum Gasteiger partial charge on any atom is -0.494 e. The lowest BCUT2D eigenvalue weighted by Gasteiger charge is -2.05. The summed E-state index contributed by atoms with van der Waals surface area (Å²) in [5, 5.41) is 10.9. The van der Waals surface area contributed by atoms with Gasteiger partial charge in [-0.05, 0) is 30.7 Å². The Morgan fingerprint density at radius 3 is 2.64 bits per heavy atom. The third-order valence-corrected chi connectivity index (χ3v) is 1.82. The van der Waals surface area contributed by atoms with Crippen LogP contribution in [0.15, 0.2) is 24.3 Å². The van der Waals surface area contributed by atoms with Gasteiger partial charge in [-0.1, -0.05) is 13.3 Å². The molecule has 0 aliphatic rings. The van der Waals surface area contributed by atoms with Gasteiger partial charge in [0.1, 0.15) is 5.75 Å². The van der Waals surface area contributed by atoms with Crippen molar-refractivity contribution in [1.29, 1.82) is 5.26 Å². The van der Waals surface area contributed by atoms with Gasteiger partial charge < -0.3 is 4.74 Å². The highest BCUT2D eigenvalue weighted by Crippen LogP contribution is 2.15. The van der Waals surface area contributed by atoms with Crippen molar-refractivity contribution in [2.24, 2.45) is 0 Å². The van der Waals surface area contributed by atoms with Crippen LogP contribution in [0.1, 0.15) is 19.8 Å². The Hall–Kier alpha value is -1.69. The lowest BCUT2D eigenvalue weighted by atomic mass is 10.3. The summed E-state index contributed by atoms with van der Waals surface area (Å²) in [4.78, 5) is 0. The topological polar surface area (TPSA) is 45.0 Å². The zero-order valence-corrected chi connectivity index (χ0v) is 8.29. The first kappa shape index (κ1) is 10.4. The minimum absolute atomic E-state index is 0.752. The van der Waals surface area contributed by atoms with Gasteiger partial charge in [-0.25, -0.2) is 0 Å². The normalized spacial score (nSPS) is 9.14. The number of nitriles is 1. The molecule has 1 aromatic carbocycles. The van der Waals surface area contributed by atoms with E-state index in [1.165, 1.54) is 0 Å². The first-order valence-electron chi connectivity index (χ1n) is 4.74. The van der Waals surface area contributed by atoms with E-state index in [0.29, 0.717) is 0 Å². The summed E-state index contributed by atoms with van der Waals surface area (Å²) in [6, 6.07) is 7.36. The molecule has 0 aromatic heterocycles. The van der Waals surface area contributed by atoms with E-state index in [1.54, 1.807) is 0 Å². The van der Waals surface area contributed by atoms with Gasteiger partial charge in [-0.2, -0.15) is 5.26 Å². The van der Waals surface area contributed by atoms with Crippen LogP contribution in [0.4, 0.5) is 5.69 Å². The van der Waals surface area contributed by atoms with Crippen LogP contribution < -0.4 is 10.1 Å². The summed E-state index contributed by atoms with van der Waals surface area (Å²) in [6.45, 7) is 2.88. The molecule has 0 spiro atoms. The van der Waals surface area contributed by atoms with Crippen LogP contribution in [0.2, 0.25) is 0 Å². The van der Waals surface area contributed by atoms with Gasteiger partial charge in [-0.15, -0.1) is 0 Å². The number of hydrogen-bond acceptors (Lipinski definition) is 3. The molecule has 1 aromatic rings. The highest BCUT2D eigenvalue weighted by Gasteiger charge is 1.93. The van der Waals surface area contributed by atoms with E-state index < -0.39 is 0 Å². The van der Waals surface area contributed by atoms with Crippen molar-refractivity contribution in [1.82, 2.24) is 0 Å². The van der Waals surface area contributed by atoms with Gasteiger partial charge in [-0.3, -0.25) is 5.32 Å². The molecule has 1 N–H and O–H groups in total. The number of anilines is 1. The number of nitrogens with zero attached hydrogens (tertiary/aromatic N) is 1. The van der Waals surface area contributed by atoms with E-state index in [4.69, 9.17) is 10.00 Å². The van der Waals surface area contributed by atoms with Crippen molar-refractivity contribution in [3.63, 3.8) is 0 Å². The zero-order chi connectivity index (χ0) is 10.2. The molecule has 1 rings (SSSR count). The number of ether oxygens (including phenoxy) is 1. The van der Waals surface area contributed by atoms with Crippen molar-refractivity contribution in [3.8, 4) is 11.9 Å². The van der Waals surface area contributed by atoms with Crippen molar-refractivity contribution < 1.29 is 4.74 Å². The fourth-order valence-corrected chi connectivity index (χ4v) is 1.03. The van der Waals surface area contributed by atoms with Crippen molar-refractivity contribution >= 4 is 5.69 Å². The van der Waals surface area contributed by atoms with Crippen LogP contribution in [0.5, 0.6) is 5.75 Å². The second kappa shape index (κ2) is 5.87. The Kier molecular flexibility index (Phi) is 4.36. The van der Waals surface area contributed by atoms with E-state index in [1.807, 2.05) is 30.5 Å². The Labute approximate surface area is 84.3 Å². The molecule has 3 heteroatoms. The lowest BCUT2D eigenvalue weighted by molar-refractivity contribution is 0.309. The summed E-state index contributed by atoms with van der Waals surface area (Å²) in [7, 11) is 0. The summed E-state index contributed by atoms with van der Waals surface area (Å²) in [6.07, 6.45) is 4.07. The van der Waals surface area contributed by atoms with Crippen LogP contribution in [0.3, 0.4) is 0 Å². The zero-order valence-electron chi connectivity index (χ0n) is 8.29. The number of nitrogens with one attached hydrogen (secondary N) is 1. The molecule has 0 aliphatic heterocycles. The van der Waals surface area contributed by atoms with Crippen LogP contribution in [-0.4, -0.2) is 6.61 Å². The van der Waals surface area contributed by atoms with E-state index in [2.05, 4.69) is 12.2 Å². The molecule has 0 unspecified atom stereocenters. The molecule has 0 saturated carbocycles. The third-order valence-electron chi connectivity index (χ3n) is 1.82. The Morgan fingerprint density at radius 2 is 2.07 bits per heavy atom. The summed E-state index contributed by atoms with van der Waals surface area (Å²) in [5.74, 6) is 0.849. The summed E-state index contributed by atoms with van der Waals surface area (Å²) < 4.78 is 5.47. The Bertz CT molecular complexity index is 300. The maximum absolute atomic E-state index is 8.37. The molecule has 0 heterocycles. The molecule has 3 nitrogen and oxygen atoms in total. The fourth-order valence-electron chi connectivity index (χ4n) is 1.03. The molecule has 0 saturated heterocycles. The molecule has 0 radical (unpaired) electrons. The van der Waals surface area contributed by atoms with Gasteiger partial charge >= 0.3 is 0 Å². The van der Waals surface area contributed by atoms with E-state index in [0.717, 1.165) is 30.9 Å². The smallest absolute Gasteiger partial charge is 0.181 e. The summed E-state index contributed by atoms with van der Waals surface area (Å²) in [5.41, 5.74) is 0.787. The quantitative estimate of drug-likeness (QED) is 0.441. The van der Waals surface area contributed by atoms with Gasteiger partial charge in [0.2, 0.25) is 0 Å². The molecule has 0 fully saturated rings. The van der Waals surface area contributed by atoms with Crippen molar-refractivity contribution in [2.45, 2.75) is 19.8 Å². The molecule has 0 amide bonds. The molecule has 0 atom stereocenters. The van der Waals surface area contributed by atoms with Crippen LogP contribution in [0.25, 0.3) is 0 Å². The molecule has 74 valence electrons. The van der Waals surface area contributed by atoms with E-state index in [9.17, 15) is 0 Å². The highest BCUT2D eigenvalue weighted by atomic mass is 16.5. The first-order valence-corrected chi connectivity index (χ1v) is 4.74. The number of rotatable bonds is 5. The standard InChI is InChI=1S/C11H14N2O/c1-2-3-8-14-11-6-4-10(5-7-11)13-9-12/h4-7,13H,2-3,8H2,1H3. The first-order chi connectivity index (χ1) is 6.86. The monoisotopic (exact) mass is 190 g/mol.